The van der Waals surface area contributed by atoms with E-state index in [0.29, 0.717) is 17.0 Å². The van der Waals surface area contributed by atoms with Gasteiger partial charge in [0.1, 0.15) is 5.69 Å². The molecule has 0 radical (unpaired) electrons. The normalized spacial score (nSPS) is 24.9. The van der Waals surface area contributed by atoms with Gasteiger partial charge in [-0.25, -0.2) is 0 Å². The van der Waals surface area contributed by atoms with Gasteiger partial charge in [0.15, 0.2) is 0 Å². The maximum Gasteiger partial charge on any atom is 0.273 e. The van der Waals surface area contributed by atoms with E-state index in [1.807, 2.05) is 42.3 Å². The molecule has 2 saturated heterocycles. The van der Waals surface area contributed by atoms with Crippen LogP contribution in [0.5, 0.6) is 0 Å². The molecule has 1 aliphatic carbocycles. The average molecular weight is 394 g/mol. The van der Waals surface area contributed by atoms with Crippen LogP contribution < -0.4 is 0 Å². The van der Waals surface area contributed by atoms with Gasteiger partial charge in [-0.05, 0) is 42.6 Å². The monoisotopic (exact) mass is 393 g/mol. The van der Waals surface area contributed by atoms with E-state index in [1.54, 1.807) is 6.20 Å². The summed E-state index contributed by atoms with van der Waals surface area (Å²) in [7, 11) is 1.82. The Morgan fingerprint density at radius 2 is 2.00 bits per heavy atom. The Hall–Kier alpha value is -1.98. The zero-order valence-electron chi connectivity index (χ0n) is 17.3. The molecule has 1 saturated carbocycles. The van der Waals surface area contributed by atoms with Crippen molar-refractivity contribution in [2.45, 2.75) is 38.1 Å². The number of pyridine rings is 1. The number of hydrogen-bond donors (Lipinski definition) is 0. The molecule has 29 heavy (non-hydrogen) atoms. The molecule has 1 atom stereocenters. The summed E-state index contributed by atoms with van der Waals surface area (Å²) in [5, 5.41) is 2.03. The SMILES string of the molecule is COCC1CN(C2CCC2)CC12CCN(C(=O)c1nccc3ccccc13)CC2. The van der Waals surface area contributed by atoms with Gasteiger partial charge in [0.25, 0.3) is 5.91 Å². The van der Waals surface area contributed by atoms with E-state index in [0.717, 1.165) is 55.9 Å². The fourth-order valence-electron chi connectivity index (χ4n) is 5.70. The molecule has 3 aliphatic rings. The van der Waals surface area contributed by atoms with Crippen molar-refractivity contribution in [2.24, 2.45) is 11.3 Å². The van der Waals surface area contributed by atoms with Gasteiger partial charge in [-0.2, -0.15) is 0 Å². The molecule has 5 heteroatoms. The number of likely N-dealkylation sites (tertiary alicyclic amines) is 2. The van der Waals surface area contributed by atoms with Gasteiger partial charge in [0, 0.05) is 56.8 Å². The van der Waals surface area contributed by atoms with E-state index in [1.165, 1.54) is 25.8 Å². The van der Waals surface area contributed by atoms with Crippen LogP contribution in [0.25, 0.3) is 10.8 Å². The van der Waals surface area contributed by atoms with E-state index < -0.39 is 0 Å². The van der Waals surface area contributed by atoms with Crippen LogP contribution in [0.3, 0.4) is 0 Å². The summed E-state index contributed by atoms with van der Waals surface area (Å²) in [6.45, 7) is 4.82. The summed E-state index contributed by atoms with van der Waals surface area (Å²) in [6.07, 6.45) is 7.98. The number of benzene rings is 1. The van der Waals surface area contributed by atoms with Crippen LogP contribution in [0.4, 0.5) is 0 Å². The van der Waals surface area contributed by atoms with Gasteiger partial charge in [0.05, 0.1) is 6.61 Å². The van der Waals surface area contributed by atoms with E-state index in [9.17, 15) is 4.79 Å². The molecule has 2 aliphatic heterocycles. The van der Waals surface area contributed by atoms with Crippen LogP contribution in [0.15, 0.2) is 36.5 Å². The summed E-state index contributed by atoms with van der Waals surface area (Å²) in [4.78, 5) is 22.5. The molecule has 1 spiro atoms. The Kier molecular flexibility index (Phi) is 5.04. The highest BCUT2D eigenvalue weighted by Gasteiger charge is 2.50. The molecule has 5 nitrogen and oxygen atoms in total. The maximum atomic E-state index is 13.3. The van der Waals surface area contributed by atoms with Crippen LogP contribution >= 0.6 is 0 Å². The first-order valence-electron chi connectivity index (χ1n) is 11.1. The lowest BCUT2D eigenvalue weighted by Gasteiger charge is -2.43. The first kappa shape index (κ1) is 19.0. The molecule has 2 aromatic rings. The summed E-state index contributed by atoms with van der Waals surface area (Å²) in [5.41, 5.74) is 0.893. The van der Waals surface area contributed by atoms with E-state index in [4.69, 9.17) is 4.74 Å². The number of carbonyl (C=O) groups excluding carboxylic acids is 1. The van der Waals surface area contributed by atoms with Gasteiger partial charge in [-0.3, -0.25) is 14.7 Å². The molecule has 0 N–H and O–H groups in total. The highest BCUT2D eigenvalue weighted by Crippen LogP contribution is 2.47. The van der Waals surface area contributed by atoms with Crippen molar-refractivity contribution in [1.82, 2.24) is 14.8 Å². The van der Waals surface area contributed by atoms with Crippen LogP contribution in [-0.2, 0) is 4.74 Å². The first-order chi connectivity index (χ1) is 14.2. The highest BCUT2D eigenvalue weighted by atomic mass is 16.5. The smallest absolute Gasteiger partial charge is 0.273 e. The zero-order valence-corrected chi connectivity index (χ0v) is 17.3. The second kappa shape index (κ2) is 7.69. The van der Waals surface area contributed by atoms with Crippen molar-refractivity contribution in [2.75, 3.05) is 39.9 Å². The lowest BCUT2D eigenvalue weighted by molar-refractivity contribution is 0.0310. The van der Waals surface area contributed by atoms with Gasteiger partial charge in [-0.15, -0.1) is 0 Å². The number of amides is 1. The number of carbonyl (C=O) groups is 1. The van der Waals surface area contributed by atoms with E-state index >= 15 is 0 Å². The number of rotatable bonds is 4. The second-order valence-electron chi connectivity index (χ2n) is 9.20. The third kappa shape index (κ3) is 3.34. The lowest BCUT2D eigenvalue weighted by Crippen LogP contribution is -2.48. The molecule has 0 bridgehead atoms. The minimum atomic E-state index is 0.0776. The van der Waals surface area contributed by atoms with Gasteiger partial charge < -0.3 is 9.64 Å². The van der Waals surface area contributed by atoms with Crippen LogP contribution in [0.2, 0.25) is 0 Å². The Morgan fingerprint density at radius 3 is 2.72 bits per heavy atom. The summed E-state index contributed by atoms with van der Waals surface area (Å²) >= 11 is 0. The first-order valence-corrected chi connectivity index (χ1v) is 11.1. The van der Waals surface area contributed by atoms with Crippen LogP contribution in [0, 0.1) is 11.3 Å². The van der Waals surface area contributed by atoms with E-state index in [-0.39, 0.29) is 5.91 Å². The third-order valence-electron chi connectivity index (χ3n) is 7.72. The van der Waals surface area contributed by atoms with Crippen molar-refractivity contribution in [3.05, 3.63) is 42.2 Å². The molecular formula is C24H31N3O2. The minimum absolute atomic E-state index is 0.0776. The largest absolute Gasteiger partial charge is 0.384 e. The van der Waals surface area contributed by atoms with Crippen molar-refractivity contribution in [3.63, 3.8) is 0 Å². The maximum absolute atomic E-state index is 13.3. The minimum Gasteiger partial charge on any atom is -0.384 e. The van der Waals surface area contributed by atoms with Crippen molar-refractivity contribution < 1.29 is 9.53 Å². The number of hydrogen-bond acceptors (Lipinski definition) is 4. The lowest BCUT2D eigenvalue weighted by atomic mass is 9.71. The molecule has 154 valence electrons. The standard InChI is InChI=1S/C24H31N3O2/c1-29-16-19-15-27(20-6-4-7-20)17-24(19)10-13-26(14-11-24)23(28)22-21-8-3-2-5-18(21)9-12-25-22/h2-3,5,8-9,12,19-20H,4,6-7,10-11,13-17H2,1H3. The second-order valence-corrected chi connectivity index (χ2v) is 9.20. The molecule has 1 amide bonds. The third-order valence-corrected chi connectivity index (χ3v) is 7.72. The van der Waals surface area contributed by atoms with Gasteiger partial charge in [-0.1, -0.05) is 30.7 Å². The summed E-state index contributed by atoms with van der Waals surface area (Å²) in [6, 6.07) is 10.8. The van der Waals surface area contributed by atoms with Gasteiger partial charge in [0.2, 0.25) is 0 Å². The molecular weight excluding hydrogens is 362 g/mol. The predicted octanol–water partition coefficient (Wildman–Crippen LogP) is 3.59. The Morgan fingerprint density at radius 1 is 1.21 bits per heavy atom. The number of aromatic nitrogens is 1. The number of methoxy groups -OCH3 is 1. The average Bonchev–Trinajstić information content (AvgIpc) is 3.03. The van der Waals surface area contributed by atoms with Crippen LogP contribution in [-0.4, -0.2) is 66.6 Å². The van der Waals surface area contributed by atoms with E-state index in [2.05, 4.69) is 9.88 Å². The fraction of sp³-hybridized carbons (Fsp3) is 0.583. The summed E-state index contributed by atoms with van der Waals surface area (Å²) < 4.78 is 5.61. The number of piperidine rings is 1. The molecule has 3 heterocycles. The molecule has 1 aromatic heterocycles. The molecule has 5 rings (SSSR count). The quantitative estimate of drug-likeness (QED) is 0.796. The number of fused-ring (bicyclic) bond motifs is 1. The number of ether oxygens (including phenoxy) is 1. The van der Waals surface area contributed by atoms with Crippen molar-refractivity contribution in [3.8, 4) is 0 Å². The van der Waals surface area contributed by atoms with Crippen LogP contribution in [0.1, 0.15) is 42.6 Å². The highest BCUT2D eigenvalue weighted by molar-refractivity contribution is 6.05. The Labute approximate surface area is 173 Å². The molecule has 3 fully saturated rings. The van der Waals surface area contributed by atoms with Crippen molar-refractivity contribution in [1.29, 1.82) is 0 Å². The summed E-state index contributed by atoms with van der Waals surface area (Å²) in [5.74, 6) is 0.662. The zero-order chi connectivity index (χ0) is 19.8. The number of nitrogens with zero attached hydrogens (tertiary/aromatic N) is 3. The molecule has 1 unspecified atom stereocenters. The molecule has 1 aromatic carbocycles. The fourth-order valence-corrected chi connectivity index (χ4v) is 5.70. The Bertz CT molecular complexity index is 881. The topological polar surface area (TPSA) is 45.7 Å². The van der Waals surface area contributed by atoms with Gasteiger partial charge >= 0.3 is 0 Å². The van der Waals surface area contributed by atoms with Crippen molar-refractivity contribution >= 4 is 16.7 Å². The predicted molar refractivity (Wildman–Crippen MR) is 114 cm³/mol. The Balaban J connectivity index is 1.32.